The second-order valence-electron chi connectivity index (χ2n) is 14.9. The molecule has 4 heteroatoms. The summed E-state index contributed by atoms with van der Waals surface area (Å²) in [5, 5.41) is 23.0. The number of fused-ring (bicyclic) bond motifs is 7. The van der Waals surface area contributed by atoms with E-state index >= 15 is 0 Å². The molecule has 0 radical (unpaired) electrons. The lowest BCUT2D eigenvalue weighted by molar-refractivity contribution is -0.218. The summed E-state index contributed by atoms with van der Waals surface area (Å²) < 4.78 is 5.44. The van der Waals surface area contributed by atoms with E-state index in [0.717, 1.165) is 57.8 Å². The molecule has 198 valence electrons. The average Bonchev–Trinajstić information content (AvgIpc) is 2.79. The molecule has 4 nitrogen and oxygen atoms in total. The Kier molecular flexibility index (Phi) is 5.59. The highest BCUT2D eigenvalue weighted by Gasteiger charge is 2.71. The van der Waals surface area contributed by atoms with Crippen LogP contribution in [0, 0.1) is 50.7 Å². The van der Waals surface area contributed by atoms with Gasteiger partial charge in [0.15, 0.2) is 0 Å². The first-order valence-electron chi connectivity index (χ1n) is 14.3. The number of allylic oxidation sites excluding steroid dienone is 1. The maximum absolute atomic E-state index is 13.4. The number of hydrogen-bond donors (Lipinski definition) is 2. The zero-order valence-corrected chi connectivity index (χ0v) is 23.5. The van der Waals surface area contributed by atoms with Gasteiger partial charge in [-0.1, -0.05) is 53.2 Å². The molecule has 0 spiro atoms. The molecular weight excluding hydrogens is 436 g/mol. The molecule has 0 bridgehead atoms. The van der Waals surface area contributed by atoms with Crippen molar-refractivity contribution in [3.8, 4) is 0 Å². The van der Waals surface area contributed by atoms with Gasteiger partial charge in [0.1, 0.15) is 0 Å². The minimum absolute atomic E-state index is 0.0483. The fourth-order valence-corrected chi connectivity index (χ4v) is 11.0. The van der Waals surface area contributed by atoms with E-state index in [1.165, 1.54) is 12.7 Å². The average molecular weight is 487 g/mol. The number of carbonyl (C=O) groups excluding carboxylic acids is 1. The van der Waals surface area contributed by atoms with Gasteiger partial charge in [0.25, 0.3) is 0 Å². The summed E-state index contributed by atoms with van der Waals surface area (Å²) in [5.74, 6) is 0.909. The van der Waals surface area contributed by atoms with Crippen molar-refractivity contribution < 1.29 is 19.7 Å². The van der Waals surface area contributed by atoms with E-state index in [0.29, 0.717) is 11.8 Å². The Bertz CT molecular complexity index is 934. The van der Waals surface area contributed by atoms with E-state index in [1.807, 2.05) is 6.92 Å². The van der Waals surface area contributed by atoms with Crippen molar-refractivity contribution >= 4 is 5.97 Å². The Morgan fingerprint density at radius 3 is 2.29 bits per heavy atom. The van der Waals surface area contributed by atoms with Crippen molar-refractivity contribution in [1.29, 1.82) is 0 Å². The van der Waals surface area contributed by atoms with Crippen molar-refractivity contribution in [2.24, 2.45) is 50.7 Å². The highest BCUT2D eigenvalue weighted by Crippen LogP contribution is 2.76. The Balaban J connectivity index is 1.64. The Morgan fingerprint density at radius 1 is 0.943 bits per heavy atom. The minimum Gasteiger partial charge on any atom is -0.469 e. The molecule has 0 aromatic carbocycles. The van der Waals surface area contributed by atoms with E-state index in [9.17, 15) is 15.0 Å². The first kappa shape index (κ1) is 25.8. The van der Waals surface area contributed by atoms with Crippen LogP contribution in [-0.2, 0) is 9.53 Å². The maximum atomic E-state index is 13.4. The van der Waals surface area contributed by atoms with Crippen molar-refractivity contribution in [2.75, 3.05) is 7.11 Å². The summed E-state index contributed by atoms with van der Waals surface area (Å²) in [7, 11) is 1.52. The second-order valence-corrected chi connectivity index (χ2v) is 14.9. The lowest BCUT2D eigenvalue weighted by Gasteiger charge is -2.71. The smallest absolute Gasteiger partial charge is 0.312 e. The molecule has 0 aliphatic heterocycles. The standard InChI is InChI=1S/C31H50O4/c1-19-11-16-31(25(33)35-8)18-17-28(5)20(24(31)30(19,7)34)9-10-22-27(4)14-13-23(32)26(2,3)21(27)12-15-29(22,28)6/h9,19,21-24,32,34H,10-18H2,1-8H3/t19-,21-,22+,23-,24+,27-,28+,29+,30+,31-/m0/s1. The first-order valence-corrected chi connectivity index (χ1v) is 14.3. The van der Waals surface area contributed by atoms with Gasteiger partial charge in [-0.3, -0.25) is 4.79 Å². The normalized spacial score (nSPS) is 54.9. The lowest BCUT2D eigenvalue weighted by atomic mass is 9.33. The zero-order chi connectivity index (χ0) is 25.8. The van der Waals surface area contributed by atoms with E-state index in [4.69, 9.17) is 4.74 Å². The van der Waals surface area contributed by atoms with Gasteiger partial charge in [0.2, 0.25) is 0 Å². The Labute approximate surface area is 213 Å². The summed E-state index contributed by atoms with van der Waals surface area (Å²) in [5.41, 5.74) is 0.00144. The first-order chi connectivity index (χ1) is 16.1. The molecule has 4 fully saturated rings. The summed E-state index contributed by atoms with van der Waals surface area (Å²) in [4.78, 5) is 13.4. The molecule has 10 atom stereocenters. The maximum Gasteiger partial charge on any atom is 0.312 e. The van der Waals surface area contributed by atoms with Gasteiger partial charge >= 0.3 is 5.97 Å². The number of methoxy groups -OCH3 is 1. The summed E-state index contributed by atoms with van der Waals surface area (Å²) in [6, 6.07) is 0. The number of carbonyl (C=O) groups is 1. The highest BCUT2D eigenvalue weighted by molar-refractivity contribution is 5.79. The monoisotopic (exact) mass is 486 g/mol. The molecule has 2 N–H and O–H groups in total. The van der Waals surface area contributed by atoms with Crippen LogP contribution in [-0.4, -0.2) is 35.0 Å². The third-order valence-electron chi connectivity index (χ3n) is 13.6. The van der Waals surface area contributed by atoms with Crippen molar-refractivity contribution in [3.05, 3.63) is 11.6 Å². The molecule has 5 aliphatic carbocycles. The van der Waals surface area contributed by atoms with Gasteiger partial charge in [-0.25, -0.2) is 0 Å². The van der Waals surface area contributed by atoms with Crippen LogP contribution in [0.25, 0.3) is 0 Å². The predicted octanol–water partition coefficient (Wildman–Crippen LogP) is 6.29. The van der Waals surface area contributed by atoms with E-state index in [-0.39, 0.29) is 45.6 Å². The molecule has 0 aromatic rings. The number of ether oxygens (including phenoxy) is 1. The Hall–Kier alpha value is -0.870. The Morgan fingerprint density at radius 2 is 1.63 bits per heavy atom. The van der Waals surface area contributed by atoms with Crippen LogP contribution < -0.4 is 0 Å². The fraction of sp³-hybridized carbons (Fsp3) is 0.903. The number of aliphatic hydroxyl groups is 2. The molecule has 4 saturated carbocycles. The highest BCUT2D eigenvalue weighted by atomic mass is 16.5. The van der Waals surface area contributed by atoms with E-state index in [1.54, 1.807) is 0 Å². The van der Waals surface area contributed by atoms with Crippen molar-refractivity contribution in [1.82, 2.24) is 0 Å². The minimum atomic E-state index is -0.929. The molecule has 0 unspecified atom stereocenters. The third-order valence-corrected chi connectivity index (χ3v) is 13.6. The van der Waals surface area contributed by atoms with Gasteiger partial charge in [-0.15, -0.1) is 0 Å². The van der Waals surface area contributed by atoms with Gasteiger partial charge in [-0.2, -0.15) is 0 Å². The summed E-state index contributed by atoms with van der Waals surface area (Å²) >= 11 is 0. The van der Waals surface area contributed by atoms with Crippen LogP contribution in [0.5, 0.6) is 0 Å². The van der Waals surface area contributed by atoms with Gasteiger partial charge in [0, 0.05) is 5.92 Å². The molecule has 0 heterocycles. The molecule has 0 saturated heterocycles. The quantitative estimate of drug-likeness (QED) is 0.337. The van der Waals surface area contributed by atoms with Crippen molar-refractivity contribution in [2.45, 2.75) is 118 Å². The van der Waals surface area contributed by atoms with Crippen molar-refractivity contribution in [3.63, 3.8) is 0 Å². The van der Waals surface area contributed by atoms with Gasteiger partial charge in [-0.05, 0) is 104 Å². The largest absolute Gasteiger partial charge is 0.469 e. The van der Waals surface area contributed by atoms with Crippen LogP contribution in [0.2, 0.25) is 0 Å². The van der Waals surface area contributed by atoms with Crippen LogP contribution in [0.4, 0.5) is 0 Å². The van der Waals surface area contributed by atoms with Crippen LogP contribution in [0.1, 0.15) is 106 Å². The van der Waals surface area contributed by atoms with E-state index < -0.39 is 11.0 Å². The predicted molar refractivity (Wildman–Crippen MR) is 138 cm³/mol. The zero-order valence-electron chi connectivity index (χ0n) is 23.5. The fourth-order valence-electron chi connectivity index (χ4n) is 11.0. The summed E-state index contributed by atoms with van der Waals surface area (Å²) in [6.45, 7) is 16.3. The summed E-state index contributed by atoms with van der Waals surface area (Å²) in [6.07, 6.45) is 11.0. The molecule has 5 rings (SSSR count). The molecule has 35 heavy (non-hydrogen) atoms. The van der Waals surface area contributed by atoms with Crippen LogP contribution in [0.15, 0.2) is 11.6 Å². The number of hydrogen-bond acceptors (Lipinski definition) is 4. The molecule has 5 aliphatic rings. The van der Waals surface area contributed by atoms with Gasteiger partial charge in [0.05, 0.1) is 24.2 Å². The number of aliphatic hydroxyl groups excluding tert-OH is 1. The molecule has 0 aromatic heterocycles. The van der Waals surface area contributed by atoms with Gasteiger partial charge < -0.3 is 14.9 Å². The third kappa shape index (κ3) is 2.96. The van der Waals surface area contributed by atoms with Crippen LogP contribution in [0.3, 0.4) is 0 Å². The number of rotatable bonds is 1. The van der Waals surface area contributed by atoms with Crippen LogP contribution >= 0.6 is 0 Å². The molecule has 0 amide bonds. The van der Waals surface area contributed by atoms with E-state index in [2.05, 4.69) is 47.6 Å². The number of esters is 1. The lowest BCUT2D eigenvalue weighted by Crippen LogP contribution is -2.67. The SMILES string of the molecule is COC(=O)[C@]12CC[C@H](C)[C@@](C)(O)[C@H]1C1=CC[C@@H]3[C@@]4(C)CC[C@H](O)C(C)(C)[C@@H]4CC[C@@]3(C)[C@]1(C)CC2. The topological polar surface area (TPSA) is 66.8 Å². The molecular formula is C31H50O4. The second kappa shape index (κ2) is 7.59.